The van der Waals surface area contributed by atoms with Crippen LogP contribution in [0.2, 0.25) is 0 Å². The Kier molecular flexibility index (Phi) is 2.87. The van der Waals surface area contributed by atoms with Crippen molar-refractivity contribution in [1.82, 2.24) is 5.32 Å². The summed E-state index contributed by atoms with van der Waals surface area (Å²) < 4.78 is 0. The highest BCUT2D eigenvalue weighted by molar-refractivity contribution is 8.93. The SMILES string of the molecule is Br.O=C1NCCc2ccccc21. The quantitative estimate of drug-likeness (QED) is 0.717. The van der Waals surface area contributed by atoms with Crippen LogP contribution in [0.1, 0.15) is 15.9 Å². The molecule has 0 fully saturated rings. The van der Waals surface area contributed by atoms with E-state index in [0.29, 0.717) is 0 Å². The Morgan fingerprint density at radius 1 is 1.25 bits per heavy atom. The third-order valence-electron chi connectivity index (χ3n) is 1.94. The van der Waals surface area contributed by atoms with E-state index in [-0.39, 0.29) is 22.9 Å². The topological polar surface area (TPSA) is 29.1 Å². The zero-order valence-electron chi connectivity index (χ0n) is 6.54. The fourth-order valence-corrected chi connectivity index (χ4v) is 1.37. The second-order valence-corrected chi connectivity index (χ2v) is 2.66. The maximum atomic E-state index is 11.2. The average Bonchev–Trinajstić information content (AvgIpc) is 2.06. The van der Waals surface area contributed by atoms with Crippen molar-refractivity contribution in [3.05, 3.63) is 35.4 Å². The second kappa shape index (κ2) is 3.72. The van der Waals surface area contributed by atoms with E-state index in [1.165, 1.54) is 0 Å². The minimum atomic E-state index is 0. The molecule has 64 valence electrons. The highest BCUT2D eigenvalue weighted by Crippen LogP contribution is 2.11. The monoisotopic (exact) mass is 227 g/mol. The van der Waals surface area contributed by atoms with Crippen molar-refractivity contribution in [1.29, 1.82) is 0 Å². The van der Waals surface area contributed by atoms with E-state index in [1.807, 2.05) is 24.3 Å². The summed E-state index contributed by atoms with van der Waals surface area (Å²) >= 11 is 0. The van der Waals surface area contributed by atoms with Crippen LogP contribution in [0.5, 0.6) is 0 Å². The molecule has 1 aromatic carbocycles. The molecule has 12 heavy (non-hydrogen) atoms. The standard InChI is InChI=1S/C9H9NO.BrH/c11-9-8-4-2-1-3-7(8)5-6-10-9;/h1-4H,5-6H2,(H,10,11);1H. The summed E-state index contributed by atoms with van der Waals surface area (Å²) in [6.07, 6.45) is 0.960. The van der Waals surface area contributed by atoms with Gasteiger partial charge in [0.05, 0.1) is 0 Å². The van der Waals surface area contributed by atoms with Crippen LogP contribution in [0.3, 0.4) is 0 Å². The van der Waals surface area contributed by atoms with Gasteiger partial charge in [0.15, 0.2) is 0 Å². The average molecular weight is 228 g/mol. The minimum Gasteiger partial charge on any atom is -0.352 e. The zero-order chi connectivity index (χ0) is 7.68. The van der Waals surface area contributed by atoms with Crippen LogP contribution in [0.4, 0.5) is 0 Å². The number of nitrogens with one attached hydrogen (secondary N) is 1. The lowest BCUT2D eigenvalue weighted by Gasteiger charge is -2.15. The molecule has 1 heterocycles. The predicted octanol–water partition coefficient (Wildman–Crippen LogP) is 1.55. The van der Waals surface area contributed by atoms with E-state index < -0.39 is 0 Å². The van der Waals surface area contributed by atoms with Crippen LogP contribution in [0.25, 0.3) is 0 Å². The second-order valence-electron chi connectivity index (χ2n) is 2.66. The third-order valence-corrected chi connectivity index (χ3v) is 1.94. The molecule has 0 radical (unpaired) electrons. The Morgan fingerprint density at radius 2 is 2.00 bits per heavy atom. The molecule has 1 aromatic rings. The predicted molar refractivity (Wildman–Crippen MR) is 52.8 cm³/mol. The van der Waals surface area contributed by atoms with Crippen molar-refractivity contribution in [2.24, 2.45) is 0 Å². The molecule has 1 amide bonds. The Bertz CT molecular complexity index is 298. The van der Waals surface area contributed by atoms with Gasteiger partial charge < -0.3 is 5.32 Å². The molecule has 0 aromatic heterocycles. The van der Waals surface area contributed by atoms with Crippen molar-refractivity contribution in [3.8, 4) is 0 Å². The molecule has 1 aliphatic heterocycles. The Morgan fingerprint density at radius 3 is 2.75 bits per heavy atom. The largest absolute Gasteiger partial charge is 0.352 e. The maximum absolute atomic E-state index is 11.2. The lowest BCUT2D eigenvalue weighted by atomic mass is 10.0. The van der Waals surface area contributed by atoms with Crippen LogP contribution in [-0.2, 0) is 6.42 Å². The molecular formula is C9H10BrNO. The molecule has 0 aliphatic carbocycles. The van der Waals surface area contributed by atoms with Crippen molar-refractivity contribution in [2.75, 3.05) is 6.54 Å². The van der Waals surface area contributed by atoms with Crippen molar-refractivity contribution >= 4 is 22.9 Å². The molecule has 0 atom stereocenters. The summed E-state index contributed by atoms with van der Waals surface area (Å²) in [5.41, 5.74) is 2.00. The van der Waals surface area contributed by atoms with Gasteiger partial charge in [-0.25, -0.2) is 0 Å². The molecule has 1 aliphatic rings. The van der Waals surface area contributed by atoms with Gasteiger partial charge in [-0.15, -0.1) is 17.0 Å². The molecule has 3 heteroatoms. The molecule has 0 saturated heterocycles. The van der Waals surface area contributed by atoms with Gasteiger partial charge >= 0.3 is 0 Å². The first-order chi connectivity index (χ1) is 5.38. The summed E-state index contributed by atoms with van der Waals surface area (Å²) in [6.45, 7) is 0.774. The first-order valence-electron chi connectivity index (χ1n) is 3.74. The first kappa shape index (κ1) is 9.26. The Balaban J connectivity index is 0.000000720. The minimum absolute atomic E-state index is 0. The van der Waals surface area contributed by atoms with Gasteiger partial charge in [-0.3, -0.25) is 4.79 Å². The van der Waals surface area contributed by atoms with Crippen LogP contribution in [-0.4, -0.2) is 12.5 Å². The molecule has 0 spiro atoms. The fourth-order valence-electron chi connectivity index (χ4n) is 1.37. The van der Waals surface area contributed by atoms with Gasteiger partial charge in [0, 0.05) is 12.1 Å². The van der Waals surface area contributed by atoms with E-state index >= 15 is 0 Å². The van der Waals surface area contributed by atoms with E-state index in [2.05, 4.69) is 5.32 Å². The normalized spacial score (nSPS) is 14.2. The number of hydrogen-bond donors (Lipinski definition) is 1. The van der Waals surface area contributed by atoms with Gasteiger partial charge in [0.1, 0.15) is 0 Å². The van der Waals surface area contributed by atoms with E-state index in [9.17, 15) is 4.79 Å². The molecular weight excluding hydrogens is 218 g/mol. The number of carbonyl (C=O) groups excluding carboxylic acids is 1. The molecule has 0 bridgehead atoms. The zero-order valence-corrected chi connectivity index (χ0v) is 8.25. The van der Waals surface area contributed by atoms with Crippen LogP contribution >= 0.6 is 17.0 Å². The number of hydrogen-bond acceptors (Lipinski definition) is 1. The molecule has 2 rings (SSSR count). The molecule has 0 saturated carbocycles. The van der Waals surface area contributed by atoms with Crippen LogP contribution in [0, 0.1) is 0 Å². The number of benzene rings is 1. The maximum Gasteiger partial charge on any atom is 0.251 e. The number of amides is 1. The van der Waals surface area contributed by atoms with Crippen molar-refractivity contribution in [2.45, 2.75) is 6.42 Å². The Labute approximate surface area is 81.7 Å². The Hall–Kier alpha value is -0.830. The van der Waals surface area contributed by atoms with Crippen LogP contribution < -0.4 is 5.32 Å². The fraction of sp³-hybridized carbons (Fsp3) is 0.222. The summed E-state index contributed by atoms with van der Waals surface area (Å²) in [6, 6.07) is 7.74. The highest BCUT2D eigenvalue weighted by atomic mass is 79.9. The lowest BCUT2D eigenvalue weighted by molar-refractivity contribution is 0.0946. The third kappa shape index (κ3) is 1.50. The van der Waals surface area contributed by atoms with E-state index in [4.69, 9.17) is 0 Å². The van der Waals surface area contributed by atoms with Crippen LogP contribution in [0.15, 0.2) is 24.3 Å². The van der Waals surface area contributed by atoms with Gasteiger partial charge in [-0.2, -0.15) is 0 Å². The van der Waals surface area contributed by atoms with Gasteiger partial charge in [0.2, 0.25) is 0 Å². The van der Waals surface area contributed by atoms with E-state index in [0.717, 1.165) is 24.1 Å². The van der Waals surface area contributed by atoms with E-state index in [1.54, 1.807) is 0 Å². The van der Waals surface area contributed by atoms with Crippen molar-refractivity contribution < 1.29 is 4.79 Å². The number of halogens is 1. The summed E-state index contributed by atoms with van der Waals surface area (Å²) in [5.74, 6) is 0.0619. The molecule has 2 nitrogen and oxygen atoms in total. The van der Waals surface area contributed by atoms with Gasteiger partial charge in [-0.1, -0.05) is 18.2 Å². The number of carbonyl (C=O) groups is 1. The summed E-state index contributed by atoms with van der Waals surface area (Å²) in [5, 5.41) is 2.80. The highest BCUT2D eigenvalue weighted by Gasteiger charge is 2.14. The molecule has 0 unspecified atom stereocenters. The molecule has 1 N–H and O–H groups in total. The summed E-state index contributed by atoms with van der Waals surface area (Å²) in [7, 11) is 0. The van der Waals surface area contributed by atoms with Gasteiger partial charge in [0.25, 0.3) is 5.91 Å². The number of rotatable bonds is 0. The van der Waals surface area contributed by atoms with Gasteiger partial charge in [-0.05, 0) is 18.1 Å². The van der Waals surface area contributed by atoms with Crippen molar-refractivity contribution in [3.63, 3.8) is 0 Å². The first-order valence-corrected chi connectivity index (χ1v) is 3.74. The lowest BCUT2D eigenvalue weighted by Crippen LogP contribution is -2.31. The smallest absolute Gasteiger partial charge is 0.251 e. The number of fused-ring (bicyclic) bond motifs is 1. The summed E-state index contributed by atoms with van der Waals surface area (Å²) in [4.78, 5) is 11.2.